The number of fused-ring (bicyclic) bond motifs is 2. The molecule has 1 heterocycles. The lowest BCUT2D eigenvalue weighted by molar-refractivity contribution is -0.197. The molecule has 1 saturated heterocycles. The van der Waals surface area contributed by atoms with Crippen LogP contribution in [0.1, 0.15) is 105 Å². The van der Waals surface area contributed by atoms with Crippen molar-refractivity contribution >= 4 is 18.2 Å². The molecule has 1 N–H and O–H groups in total. The van der Waals surface area contributed by atoms with E-state index in [0.29, 0.717) is 49.5 Å². The Kier molecular flexibility index (Phi) is 7.28. The standard InChI is InChI=1S/C34H50O6/c1-5-39-30(36)14-13-28-24(22-9-7-6-8-10-22)16-29(40-28)33-18-25-21(4)11-12-26(25)32(19-35)17-23(33)15-27(20(2)3)34(32,33)31(37)38/h15,19-26,28-29H,5-14,16-18H2,1-4H3,(H,37,38)/t21-,23?,24?,25-,26-,28?,29?,32?,33?,34?/m1/s1. The minimum absolute atomic E-state index is 0.0461. The highest BCUT2D eigenvalue weighted by Crippen LogP contribution is 2.84. The quantitative estimate of drug-likeness (QED) is 0.196. The number of hydrogen-bond acceptors (Lipinski definition) is 5. The Hall–Kier alpha value is -1.69. The molecule has 10 atom stereocenters. The molecule has 0 aromatic carbocycles. The number of carbonyl (C=O) groups is 3. The van der Waals surface area contributed by atoms with E-state index in [1.165, 1.54) is 32.1 Å². The summed E-state index contributed by atoms with van der Waals surface area (Å²) in [6.07, 6.45) is 14.6. The first-order chi connectivity index (χ1) is 19.2. The van der Waals surface area contributed by atoms with E-state index >= 15 is 0 Å². The van der Waals surface area contributed by atoms with Crippen LogP contribution < -0.4 is 0 Å². The first kappa shape index (κ1) is 28.4. The molecule has 5 fully saturated rings. The summed E-state index contributed by atoms with van der Waals surface area (Å²) >= 11 is 0. The van der Waals surface area contributed by atoms with Gasteiger partial charge in [0.15, 0.2) is 0 Å². The Labute approximate surface area is 240 Å². The zero-order valence-electron chi connectivity index (χ0n) is 25.0. The van der Waals surface area contributed by atoms with Crippen LogP contribution in [0.4, 0.5) is 0 Å². The van der Waals surface area contributed by atoms with Crippen molar-refractivity contribution in [3.8, 4) is 0 Å². The molecule has 0 aromatic heterocycles. The average Bonchev–Trinajstić information content (AvgIpc) is 3.65. The van der Waals surface area contributed by atoms with E-state index in [0.717, 1.165) is 37.5 Å². The molecule has 0 spiro atoms. The second-order valence-corrected chi connectivity index (χ2v) is 14.7. The van der Waals surface area contributed by atoms with Gasteiger partial charge in [0.2, 0.25) is 0 Å². The molecule has 7 unspecified atom stereocenters. The number of carboxylic acid groups (broad SMARTS) is 1. The fourth-order valence-electron chi connectivity index (χ4n) is 11.8. The number of aliphatic carboxylic acids is 1. The molecule has 0 aromatic rings. The van der Waals surface area contributed by atoms with E-state index in [1.807, 2.05) is 6.92 Å². The van der Waals surface area contributed by atoms with E-state index in [4.69, 9.17) is 9.47 Å². The number of ether oxygens (including phenoxy) is 2. The average molecular weight is 555 g/mol. The van der Waals surface area contributed by atoms with Crippen molar-refractivity contribution < 1.29 is 29.0 Å². The normalized spacial score (nSPS) is 45.9. The summed E-state index contributed by atoms with van der Waals surface area (Å²) in [5.41, 5.74) is -1.69. The summed E-state index contributed by atoms with van der Waals surface area (Å²) in [4.78, 5) is 39.8. The van der Waals surface area contributed by atoms with Crippen molar-refractivity contribution in [1.29, 1.82) is 0 Å². The largest absolute Gasteiger partial charge is 0.481 e. The molecular formula is C34H50O6. The lowest BCUT2D eigenvalue weighted by Crippen LogP contribution is -2.65. The summed E-state index contributed by atoms with van der Waals surface area (Å²) in [5, 5.41) is 11.4. The van der Waals surface area contributed by atoms with Gasteiger partial charge in [0.25, 0.3) is 0 Å². The third-order valence-electron chi connectivity index (χ3n) is 13.1. The van der Waals surface area contributed by atoms with E-state index in [2.05, 4.69) is 26.8 Å². The number of esters is 1. The van der Waals surface area contributed by atoms with Crippen LogP contribution in [0.2, 0.25) is 0 Å². The highest BCUT2D eigenvalue weighted by molar-refractivity contribution is 5.90. The van der Waals surface area contributed by atoms with Crippen molar-refractivity contribution in [2.75, 3.05) is 6.61 Å². The molecule has 0 radical (unpaired) electrons. The number of aldehydes is 1. The Morgan fingerprint density at radius 3 is 2.52 bits per heavy atom. The fourth-order valence-corrected chi connectivity index (χ4v) is 11.8. The van der Waals surface area contributed by atoms with Gasteiger partial charge in [-0.25, -0.2) is 0 Å². The van der Waals surface area contributed by atoms with Gasteiger partial charge >= 0.3 is 11.9 Å². The third-order valence-corrected chi connectivity index (χ3v) is 13.1. The molecule has 6 rings (SSSR count). The van der Waals surface area contributed by atoms with Crippen molar-refractivity contribution in [3.05, 3.63) is 11.6 Å². The Bertz CT molecular complexity index is 1060. The van der Waals surface area contributed by atoms with Crippen LogP contribution in [-0.4, -0.2) is 42.1 Å². The minimum Gasteiger partial charge on any atom is -0.481 e. The van der Waals surface area contributed by atoms with Crippen LogP contribution >= 0.6 is 0 Å². The van der Waals surface area contributed by atoms with Gasteiger partial charge in [-0.15, -0.1) is 0 Å². The third kappa shape index (κ3) is 3.59. The maximum absolute atomic E-state index is 13.9. The molecule has 6 heteroatoms. The lowest BCUT2D eigenvalue weighted by Gasteiger charge is -2.60. The zero-order chi connectivity index (χ0) is 28.4. The van der Waals surface area contributed by atoms with Gasteiger partial charge in [-0.3, -0.25) is 9.59 Å². The van der Waals surface area contributed by atoms with Crippen LogP contribution in [-0.2, 0) is 23.9 Å². The van der Waals surface area contributed by atoms with E-state index in [-0.39, 0.29) is 35.9 Å². The van der Waals surface area contributed by atoms with Crippen molar-refractivity contribution in [2.45, 2.75) is 117 Å². The zero-order valence-corrected chi connectivity index (χ0v) is 25.0. The predicted octanol–water partition coefficient (Wildman–Crippen LogP) is 6.61. The summed E-state index contributed by atoms with van der Waals surface area (Å²) in [7, 11) is 0. The van der Waals surface area contributed by atoms with Crippen LogP contribution in [0, 0.1) is 57.7 Å². The molecule has 0 amide bonds. The Morgan fingerprint density at radius 2 is 1.88 bits per heavy atom. The van der Waals surface area contributed by atoms with Gasteiger partial charge in [0.05, 0.1) is 24.2 Å². The second-order valence-electron chi connectivity index (χ2n) is 14.7. The molecule has 5 aliphatic carbocycles. The molecule has 40 heavy (non-hydrogen) atoms. The predicted molar refractivity (Wildman–Crippen MR) is 151 cm³/mol. The summed E-state index contributed by atoms with van der Waals surface area (Å²) < 4.78 is 12.4. The smallest absolute Gasteiger partial charge is 0.315 e. The van der Waals surface area contributed by atoms with E-state index in [9.17, 15) is 19.5 Å². The molecule has 1 aliphatic heterocycles. The van der Waals surface area contributed by atoms with Gasteiger partial charge in [0.1, 0.15) is 11.7 Å². The van der Waals surface area contributed by atoms with Crippen LogP contribution in [0.25, 0.3) is 0 Å². The topological polar surface area (TPSA) is 89.9 Å². The van der Waals surface area contributed by atoms with E-state index in [1.54, 1.807) is 0 Å². The van der Waals surface area contributed by atoms with Crippen LogP contribution in [0.3, 0.4) is 0 Å². The molecular weight excluding hydrogens is 504 g/mol. The first-order valence-electron chi connectivity index (χ1n) is 16.4. The first-order valence-corrected chi connectivity index (χ1v) is 16.4. The van der Waals surface area contributed by atoms with Gasteiger partial charge in [-0.1, -0.05) is 70.9 Å². The highest BCUT2D eigenvalue weighted by Gasteiger charge is 2.86. The molecule has 4 saturated carbocycles. The summed E-state index contributed by atoms with van der Waals surface area (Å²) in [5.74, 6) is 0.988. The number of hydrogen-bond donors (Lipinski definition) is 1. The number of allylic oxidation sites excluding steroid dienone is 1. The SMILES string of the molecule is CCOC(=O)CCC1OC(C23C[C@@H]4[C@H](C)CC[C@H]4C4(C=O)CC2C=C(C(C)C)C34C(=O)O)CC1C1CCCCC1. The van der Waals surface area contributed by atoms with Crippen LogP contribution in [0.15, 0.2) is 11.6 Å². The Balaban J connectivity index is 1.44. The van der Waals surface area contributed by atoms with Gasteiger partial charge < -0.3 is 19.4 Å². The highest BCUT2D eigenvalue weighted by atomic mass is 16.5. The number of rotatable bonds is 9. The van der Waals surface area contributed by atoms with Crippen molar-refractivity contribution in [2.24, 2.45) is 57.7 Å². The maximum atomic E-state index is 13.9. The Morgan fingerprint density at radius 1 is 1.12 bits per heavy atom. The monoisotopic (exact) mass is 554 g/mol. The lowest BCUT2D eigenvalue weighted by atomic mass is 9.41. The van der Waals surface area contributed by atoms with Crippen molar-refractivity contribution in [3.63, 3.8) is 0 Å². The molecule has 6 nitrogen and oxygen atoms in total. The van der Waals surface area contributed by atoms with Gasteiger partial charge in [-0.05, 0) is 80.5 Å². The maximum Gasteiger partial charge on any atom is 0.315 e. The van der Waals surface area contributed by atoms with Crippen LogP contribution in [0.5, 0.6) is 0 Å². The molecule has 6 aliphatic rings. The fraction of sp³-hybridized carbons (Fsp3) is 0.853. The number of carbonyl (C=O) groups excluding carboxylic acids is 2. The summed E-state index contributed by atoms with van der Waals surface area (Å²) in [6, 6.07) is 0. The van der Waals surface area contributed by atoms with E-state index < -0.39 is 22.2 Å². The van der Waals surface area contributed by atoms with Gasteiger partial charge in [0, 0.05) is 11.8 Å². The number of carboxylic acids is 1. The summed E-state index contributed by atoms with van der Waals surface area (Å²) in [6.45, 7) is 8.75. The molecule has 4 bridgehead atoms. The van der Waals surface area contributed by atoms with Crippen molar-refractivity contribution in [1.82, 2.24) is 0 Å². The molecule has 222 valence electrons. The second kappa shape index (κ2) is 10.2. The van der Waals surface area contributed by atoms with Gasteiger partial charge in [-0.2, -0.15) is 0 Å². The minimum atomic E-state index is -1.20.